The average molecular weight is 514 g/mol. The van der Waals surface area contributed by atoms with Crippen molar-refractivity contribution in [1.29, 1.82) is 10.5 Å². The molecule has 0 aliphatic heterocycles. The lowest BCUT2D eigenvalue weighted by atomic mass is 9.97. The van der Waals surface area contributed by atoms with E-state index in [0.717, 1.165) is 23.1 Å². The summed E-state index contributed by atoms with van der Waals surface area (Å²) < 4.78 is 10.7. The number of nitrogens with zero attached hydrogens (tertiary/aromatic N) is 4. The van der Waals surface area contributed by atoms with Crippen LogP contribution in [0.3, 0.4) is 0 Å². The van der Waals surface area contributed by atoms with Gasteiger partial charge in [0, 0.05) is 30.8 Å². The molecule has 3 rings (SSSR count). The minimum Gasteiger partial charge on any atom is -0.491 e. The highest BCUT2D eigenvalue weighted by Crippen LogP contribution is 2.37. The van der Waals surface area contributed by atoms with Gasteiger partial charge in [-0.15, -0.1) is 11.8 Å². The molecule has 8 heteroatoms. The first kappa shape index (κ1) is 27.7. The van der Waals surface area contributed by atoms with Crippen LogP contribution in [-0.4, -0.2) is 30.3 Å². The number of nitrogen functional groups attached to an aromatic ring is 1. The standard InChI is InChI=1S/C29H31N5O2S/c1-5-19(2)6-11-24-20(3)16-33-17-22(24)18-37-29-26(15-31)27(25(14-30)28(32)34-29)21-7-9-23(10-8-21)36-13-12-35-4/h6-11,16-17,19H,5,12-13,18H2,1-4H3,(H2,32,34)/b11-6-. The first-order chi connectivity index (χ1) is 17.9. The molecule has 2 N–H and O–H groups in total. The Bertz CT molecular complexity index is 1340. The van der Waals surface area contributed by atoms with Crippen molar-refractivity contribution in [3.63, 3.8) is 0 Å². The normalized spacial score (nSPS) is 11.7. The van der Waals surface area contributed by atoms with Crippen molar-refractivity contribution in [2.45, 2.75) is 38.0 Å². The number of allylic oxidation sites excluding steroid dienone is 1. The molecule has 1 aromatic carbocycles. The quantitative estimate of drug-likeness (QED) is 0.239. The Morgan fingerprint density at radius 2 is 1.84 bits per heavy atom. The van der Waals surface area contributed by atoms with Crippen LogP contribution in [0.5, 0.6) is 5.75 Å². The molecule has 2 aromatic heterocycles. The van der Waals surface area contributed by atoms with Crippen molar-refractivity contribution >= 4 is 23.7 Å². The first-order valence-corrected chi connectivity index (χ1v) is 13.0. The van der Waals surface area contributed by atoms with Gasteiger partial charge in [-0.05, 0) is 47.2 Å². The Morgan fingerprint density at radius 3 is 2.49 bits per heavy atom. The predicted octanol–water partition coefficient (Wildman–Crippen LogP) is 6.15. The number of methoxy groups -OCH3 is 1. The molecule has 0 aliphatic rings. The second-order valence-electron chi connectivity index (χ2n) is 8.58. The van der Waals surface area contributed by atoms with Crippen molar-refractivity contribution in [3.8, 4) is 29.0 Å². The van der Waals surface area contributed by atoms with Gasteiger partial charge in [-0.3, -0.25) is 4.98 Å². The Hall–Kier alpha value is -3.85. The first-order valence-electron chi connectivity index (χ1n) is 12.0. The molecule has 0 saturated heterocycles. The van der Waals surface area contributed by atoms with Gasteiger partial charge in [0.2, 0.25) is 0 Å². The maximum absolute atomic E-state index is 10.1. The minimum absolute atomic E-state index is 0.0960. The molecule has 190 valence electrons. The second kappa shape index (κ2) is 13.5. The highest BCUT2D eigenvalue weighted by atomic mass is 32.2. The number of anilines is 1. The zero-order valence-corrected chi connectivity index (χ0v) is 22.4. The number of nitriles is 2. The van der Waals surface area contributed by atoms with Crippen molar-refractivity contribution in [2.24, 2.45) is 5.92 Å². The summed E-state index contributed by atoms with van der Waals surface area (Å²) in [6.07, 6.45) is 9.11. The highest BCUT2D eigenvalue weighted by Gasteiger charge is 2.21. The summed E-state index contributed by atoms with van der Waals surface area (Å²) in [5.74, 6) is 1.78. The van der Waals surface area contributed by atoms with Crippen molar-refractivity contribution in [2.75, 3.05) is 26.1 Å². The van der Waals surface area contributed by atoms with Gasteiger partial charge < -0.3 is 15.2 Å². The van der Waals surface area contributed by atoms with Crippen LogP contribution in [0.15, 0.2) is 47.8 Å². The van der Waals surface area contributed by atoms with Gasteiger partial charge in [-0.25, -0.2) is 4.98 Å². The van der Waals surface area contributed by atoms with Gasteiger partial charge in [0.15, 0.2) is 0 Å². The monoisotopic (exact) mass is 513 g/mol. The van der Waals surface area contributed by atoms with E-state index in [1.165, 1.54) is 11.8 Å². The molecule has 0 amide bonds. The number of hydrogen-bond donors (Lipinski definition) is 1. The average Bonchev–Trinajstić information content (AvgIpc) is 2.91. The Labute approximate surface area is 223 Å². The topological polar surface area (TPSA) is 118 Å². The van der Waals surface area contributed by atoms with E-state index < -0.39 is 0 Å². The summed E-state index contributed by atoms with van der Waals surface area (Å²) in [5, 5.41) is 20.4. The number of pyridine rings is 2. The second-order valence-corrected chi connectivity index (χ2v) is 9.54. The number of rotatable bonds is 11. The maximum Gasteiger partial charge on any atom is 0.143 e. The third kappa shape index (κ3) is 6.89. The van der Waals surface area contributed by atoms with Crippen LogP contribution in [0.4, 0.5) is 5.82 Å². The minimum atomic E-state index is 0.0960. The van der Waals surface area contributed by atoms with E-state index in [2.05, 4.69) is 48.1 Å². The van der Waals surface area contributed by atoms with Gasteiger partial charge in [0.25, 0.3) is 0 Å². The summed E-state index contributed by atoms with van der Waals surface area (Å²) in [6, 6.07) is 11.6. The largest absolute Gasteiger partial charge is 0.491 e. The van der Waals surface area contributed by atoms with Crippen LogP contribution < -0.4 is 10.5 Å². The molecule has 0 bridgehead atoms. The van der Waals surface area contributed by atoms with E-state index in [-0.39, 0.29) is 11.4 Å². The van der Waals surface area contributed by atoms with Gasteiger partial charge >= 0.3 is 0 Å². The number of ether oxygens (including phenoxy) is 2. The molecular formula is C29H31N5O2S. The summed E-state index contributed by atoms with van der Waals surface area (Å²) in [4.78, 5) is 8.81. The van der Waals surface area contributed by atoms with E-state index in [1.54, 1.807) is 19.2 Å². The summed E-state index contributed by atoms with van der Waals surface area (Å²) in [5.41, 5.74) is 11.1. The molecule has 0 fully saturated rings. The van der Waals surface area contributed by atoms with Gasteiger partial charge in [-0.1, -0.05) is 44.6 Å². The molecule has 1 unspecified atom stereocenters. The molecule has 0 saturated carbocycles. The van der Waals surface area contributed by atoms with Crippen molar-refractivity contribution < 1.29 is 9.47 Å². The molecule has 2 heterocycles. The molecule has 0 spiro atoms. The van der Waals surface area contributed by atoms with E-state index >= 15 is 0 Å². The van der Waals surface area contributed by atoms with Gasteiger partial charge in [0.1, 0.15) is 40.9 Å². The summed E-state index contributed by atoms with van der Waals surface area (Å²) >= 11 is 1.41. The number of aryl methyl sites for hydroxylation is 1. The number of benzene rings is 1. The van der Waals surface area contributed by atoms with Crippen LogP contribution in [0, 0.1) is 35.5 Å². The van der Waals surface area contributed by atoms with Crippen molar-refractivity contribution in [1.82, 2.24) is 9.97 Å². The zero-order chi connectivity index (χ0) is 26.8. The Morgan fingerprint density at radius 1 is 1.11 bits per heavy atom. The Balaban J connectivity index is 1.97. The number of thioether (sulfide) groups is 1. The fourth-order valence-electron chi connectivity index (χ4n) is 3.68. The fourth-order valence-corrected chi connectivity index (χ4v) is 4.66. The van der Waals surface area contributed by atoms with Crippen LogP contribution in [-0.2, 0) is 10.5 Å². The van der Waals surface area contributed by atoms with E-state index in [1.807, 2.05) is 31.5 Å². The van der Waals surface area contributed by atoms with E-state index in [0.29, 0.717) is 52.4 Å². The SMILES string of the molecule is CCC(C)/C=C\c1c(C)cncc1CSc1nc(N)c(C#N)c(-c2ccc(OCCOC)cc2)c1C#N. The van der Waals surface area contributed by atoms with Crippen molar-refractivity contribution in [3.05, 3.63) is 70.6 Å². The fraction of sp³-hybridized carbons (Fsp3) is 0.310. The lowest BCUT2D eigenvalue weighted by molar-refractivity contribution is 0.146. The smallest absolute Gasteiger partial charge is 0.143 e. The Kier molecular flexibility index (Phi) is 10.1. The molecule has 7 nitrogen and oxygen atoms in total. The summed E-state index contributed by atoms with van der Waals surface area (Å²) in [6.45, 7) is 7.29. The maximum atomic E-state index is 10.1. The van der Waals surface area contributed by atoms with Crippen LogP contribution >= 0.6 is 11.8 Å². The lowest BCUT2D eigenvalue weighted by Gasteiger charge is -2.14. The summed E-state index contributed by atoms with van der Waals surface area (Å²) in [7, 11) is 1.61. The third-order valence-electron chi connectivity index (χ3n) is 5.98. The van der Waals surface area contributed by atoms with Crippen LogP contribution in [0.1, 0.15) is 48.1 Å². The van der Waals surface area contributed by atoms with Gasteiger partial charge in [0.05, 0.1) is 12.2 Å². The van der Waals surface area contributed by atoms with E-state index in [9.17, 15) is 10.5 Å². The number of nitrogens with two attached hydrogens (primary N) is 1. The molecule has 3 aromatic rings. The van der Waals surface area contributed by atoms with Crippen LogP contribution in [0.25, 0.3) is 17.2 Å². The van der Waals surface area contributed by atoms with E-state index in [4.69, 9.17) is 15.2 Å². The zero-order valence-electron chi connectivity index (χ0n) is 21.6. The molecule has 1 atom stereocenters. The highest BCUT2D eigenvalue weighted by molar-refractivity contribution is 7.98. The van der Waals surface area contributed by atoms with Crippen LogP contribution in [0.2, 0.25) is 0 Å². The number of aromatic nitrogens is 2. The van der Waals surface area contributed by atoms with Gasteiger partial charge in [-0.2, -0.15) is 10.5 Å². The predicted molar refractivity (Wildman–Crippen MR) is 148 cm³/mol. The molecule has 0 aliphatic carbocycles. The number of hydrogen-bond acceptors (Lipinski definition) is 8. The lowest BCUT2D eigenvalue weighted by Crippen LogP contribution is -2.05. The molecular weight excluding hydrogens is 482 g/mol. The third-order valence-corrected chi connectivity index (χ3v) is 7.01. The molecule has 37 heavy (non-hydrogen) atoms. The molecule has 0 radical (unpaired) electrons.